The highest BCUT2D eigenvalue weighted by Gasteiger charge is 2.71. The summed E-state index contributed by atoms with van der Waals surface area (Å²) in [4.78, 5) is 69.1. The molecule has 2 saturated heterocycles. The Morgan fingerprint density at radius 3 is 2.34 bits per heavy atom. The molecule has 6 aromatic rings. The van der Waals surface area contributed by atoms with Gasteiger partial charge in [0.25, 0.3) is 11.8 Å². The number of carbonyl (C=O) groups is 4. The number of para-hydroxylation sites is 3. The van der Waals surface area contributed by atoms with E-state index in [0.717, 1.165) is 4.90 Å². The fourth-order valence-electron chi connectivity index (χ4n) is 10.0. The van der Waals surface area contributed by atoms with Crippen molar-refractivity contribution in [2.75, 3.05) is 10.3 Å². The second-order valence-electron chi connectivity index (χ2n) is 16.0. The molecule has 10 rings (SSSR count). The van der Waals surface area contributed by atoms with Crippen LogP contribution in [0.25, 0.3) is 22.6 Å². The van der Waals surface area contributed by atoms with E-state index in [2.05, 4.69) is 15.4 Å². The number of anilines is 2. The summed E-state index contributed by atoms with van der Waals surface area (Å²) in [7, 11) is 0. The van der Waals surface area contributed by atoms with E-state index in [4.69, 9.17) is 27.6 Å². The van der Waals surface area contributed by atoms with Crippen LogP contribution in [0.2, 0.25) is 10.0 Å². The molecule has 11 nitrogen and oxygen atoms in total. The first kappa shape index (κ1) is 39.6. The van der Waals surface area contributed by atoms with Crippen LogP contribution in [0.15, 0.2) is 119 Å². The lowest BCUT2D eigenvalue weighted by atomic mass is 9.49. The zero-order valence-corrected chi connectivity index (χ0v) is 33.9. The molecule has 4 heterocycles. The summed E-state index contributed by atoms with van der Waals surface area (Å²) in [6.45, 7) is 1.69. The van der Waals surface area contributed by atoms with Crippen LogP contribution in [-0.2, 0) is 30.8 Å². The number of fused-ring (bicyclic) bond motifs is 5. The smallest absolute Gasteiger partial charge is 0.417 e. The largest absolute Gasteiger partial charge is 0.507 e. The van der Waals surface area contributed by atoms with E-state index < -0.39 is 75.4 Å². The number of hydrogen-bond acceptors (Lipinski definition) is 9. The third-order valence-corrected chi connectivity index (χ3v) is 13.3. The number of nitrogens with one attached hydrogen (secondary N) is 1. The Bertz CT molecular complexity index is 2890. The highest BCUT2D eigenvalue weighted by Crippen LogP contribution is 2.65. The molecule has 312 valence electrons. The molecule has 2 aliphatic carbocycles. The van der Waals surface area contributed by atoms with Crippen LogP contribution in [0.1, 0.15) is 41.0 Å². The van der Waals surface area contributed by atoms with Gasteiger partial charge < -0.3 is 9.52 Å². The third-order valence-electron chi connectivity index (χ3n) is 12.8. The summed E-state index contributed by atoms with van der Waals surface area (Å²) in [5.74, 6) is -7.48. The lowest BCUT2D eigenvalue weighted by Gasteiger charge is -2.50. The van der Waals surface area contributed by atoms with Gasteiger partial charge in [0.1, 0.15) is 11.3 Å². The van der Waals surface area contributed by atoms with Gasteiger partial charge in [0, 0.05) is 28.3 Å². The van der Waals surface area contributed by atoms with Crippen molar-refractivity contribution in [1.82, 2.24) is 15.0 Å². The molecule has 1 saturated carbocycles. The first-order valence-corrected chi connectivity index (χ1v) is 20.4. The number of phenolic OH excluding ortho intramolecular Hbond substituents is 1. The van der Waals surface area contributed by atoms with Crippen LogP contribution < -0.4 is 10.3 Å². The zero-order chi connectivity index (χ0) is 43.4. The predicted octanol–water partition coefficient (Wildman–Crippen LogP) is 9.42. The standard InChI is InChI=1S/C46H32Cl2F3N5O6/c1-22-5-4-6-30(38(22)57)37-28-17-18-29-36(43(60)55(41(29)58)27-15-9-23(10-16-27)40-53-34-7-2-3-8-35(34)62-40)31(28)20-32-42(59)56(44(61)45(32,37)24-11-13-26(47)14-12-24)54-39-33(48)19-25(21-52-39)46(49,50)51/h2-17,19,21,29,31-32,36-37,57H,18,20H2,1H3,(H,52,54). The van der Waals surface area contributed by atoms with Crippen molar-refractivity contribution in [3.63, 3.8) is 0 Å². The molecule has 16 heteroatoms. The fourth-order valence-corrected chi connectivity index (χ4v) is 10.4. The number of hydrogen-bond donors (Lipinski definition) is 2. The average molecular weight is 879 g/mol. The van der Waals surface area contributed by atoms with Crippen molar-refractivity contribution < 1.29 is 41.9 Å². The molecule has 6 unspecified atom stereocenters. The number of carbonyl (C=O) groups excluding carboxylic acids is 4. The summed E-state index contributed by atoms with van der Waals surface area (Å²) in [5.41, 5.74) is 3.65. The number of allylic oxidation sites excluding steroid dienone is 2. The lowest BCUT2D eigenvalue weighted by molar-refractivity contribution is -0.139. The van der Waals surface area contributed by atoms with Crippen LogP contribution in [0, 0.1) is 30.6 Å². The molecule has 4 aliphatic rings. The van der Waals surface area contributed by atoms with E-state index in [-0.39, 0.29) is 24.4 Å². The quantitative estimate of drug-likeness (QED) is 0.123. The highest BCUT2D eigenvalue weighted by atomic mass is 35.5. The number of aromatic nitrogens is 2. The molecule has 0 bridgehead atoms. The van der Waals surface area contributed by atoms with Crippen molar-refractivity contribution >= 4 is 69.4 Å². The molecular weight excluding hydrogens is 846 g/mol. The van der Waals surface area contributed by atoms with Gasteiger partial charge in [0.05, 0.1) is 39.4 Å². The maximum Gasteiger partial charge on any atom is 0.417 e. The minimum atomic E-state index is -4.77. The molecular formula is C46H32Cl2F3N5O6. The van der Waals surface area contributed by atoms with Crippen LogP contribution in [0.5, 0.6) is 5.75 Å². The number of alkyl halides is 3. The first-order valence-electron chi connectivity index (χ1n) is 19.6. The van der Waals surface area contributed by atoms with Gasteiger partial charge in [-0.2, -0.15) is 18.2 Å². The van der Waals surface area contributed by atoms with Gasteiger partial charge in [0.15, 0.2) is 11.4 Å². The Morgan fingerprint density at radius 2 is 1.63 bits per heavy atom. The van der Waals surface area contributed by atoms with Crippen LogP contribution in [0.3, 0.4) is 0 Å². The van der Waals surface area contributed by atoms with Gasteiger partial charge in [-0.15, -0.1) is 0 Å². The molecule has 62 heavy (non-hydrogen) atoms. The van der Waals surface area contributed by atoms with Gasteiger partial charge >= 0.3 is 6.18 Å². The molecule has 2 N–H and O–H groups in total. The predicted molar refractivity (Wildman–Crippen MR) is 222 cm³/mol. The van der Waals surface area contributed by atoms with Gasteiger partial charge in [0.2, 0.25) is 17.7 Å². The molecule has 2 aromatic heterocycles. The minimum Gasteiger partial charge on any atom is -0.507 e. The fraction of sp³-hybridized carbons (Fsp3) is 0.217. The molecule has 0 radical (unpaired) electrons. The van der Waals surface area contributed by atoms with Crippen molar-refractivity contribution in [1.29, 1.82) is 0 Å². The summed E-state index contributed by atoms with van der Waals surface area (Å²) in [6.07, 6.45) is -2.35. The molecule has 6 atom stereocenters. The van der Waals surface area contributed by atoms with Crippen LogP contribution in [-0.4, -0.2) is 43.7 Å². The van der Waals surface area contributed by atoms with Crippen molar-refractivity contribution in [2.24, 2.45) is 23.7 Å². The number of pyridine rings is 1. The molecule has 3 fully saturated rings. The summed E-state index contributed by atoms with van der Waals surface area (Å²) in [5, 5.41) is 12.4. The van der Waals surface area contributed by atoms with Crippen molar-refractivity contribution in [3.05, 3.63) is 147 Å². The van der Waals surface area contributed by atoms with E-state index in [9.17, 15) is 32.7 Å². The van der Waals surface area contributed by atoms with E-state index >= 15 is 4.79 Å². The second kappa shape index (κ2) is 14.3. The number of imide groups is 2. The minimum absolute atomic E-state index is 0.0842. The maximum atomic E-state index is 15.4. The number of nitrogens with zero attached hydrogens (tertiary/aromatic N) is 4. The first-order chi connectivity index (χ1) is 29.7. The van der Waals surface area contributed by atoms with E-state index in [1.165, 1.54) is 0 Å². The molecule has 0 spiro atoms. The average Bonchev–Trinajstić information content (AvgIpc) is 3.87. The van der Waals surface area contributed by atoms with Gasteiger partial charge in [-0.1, -0.05) is 77.3 Å². The molecule has 4 aromatic carbocycles. The Hall–Kier alpha value is -6.51. The number of phenols is 1. The Labute approximate surface area is 360 Å². The van der Waals surface area contributed by atoms with Gasteiger partial charge in [-0.3, -0.25) is 29.5 Å². The maximum absolute atomic E-state index is 15.4. The monoisotopic (exact) mass is 877 g/mol. The van der Waals surface area contributed by atoms with E-state index in [0.29, 0.717) is 72.8 Å². The van der Waals surface area contributed by atoms with E-state index in [1.54, 1.807) is 79.7 Å². The number of oxazole rings is 1. The number of aromatic hydroxyl groups is 1. The number of halogens is 5. The number of benzene rings is 4. The summed E-state index contributed by atoms with van der Waals surface area (Å²) < 4.78 is 46.6. The molecule has 2 aliphatic heterocycles. The Kier molecular flexibility index (Phi) is 9.12. The highest BCUT2D eigenvalue weighted by molar-refractivity contribution is 6.33. The number of rotatable bonds is 6. The van der Waals surface area contributed by atoms with Crippen LogP contribution >= 0.6 is 23.2 Å². The van der Waals surface area contributed by atoms with Crippen molar-refractivity contribution in [3.8, 4) is 17.2 Å². The number of amides is 4. The summed E-state index contributed by atoms with van der Waals surface area (Å²) in [6, 6.07) is 26.1. The van der Waals surface area contributed by atoms with E-state index in [1.807, 2.05) is 24.3 Å². The SMILES string of the molecule is Cc1cccc(C2C3=CCC4C(=O)N(c5ccc(-c6nc7ccccc7o6)cc5)C(=O)C4C3CC3C(=O)N(Nc4ncc(C(F)(F)F)cc4Cl)C(=O)C32c2ccc(Cl)cc2)c1O. The number of hydrazine groups is 1. The Morgan fingerprint density at radius 1 is 0.887 bits per heavy atom. The third kappa shape index (κ3) is 5.87. The number of aryl methyl sites for hydroxylation is 1. The normalized spacial score (nSPS) is 24.6. The Balaban J connectivity index is 1.08. The van der Waals surface area contributed by atoms with Crippen molar-refractivity contribution in [2.45, 2.75) is 37.3 Å². The topological polar surface area (TPSA) is 146 Å². The summed E-state index contributed by atoms with van der Waals surface area (Å²) >= 11 is 12.7. The molecule has 4 amide bonds. The zero-order valence-electron chi connectivity index (χ0n) is 32.4. The van der Waals surface area contributed by atoms with Crippen LogP contribution in [0.4, 0.5) is 24.7 Å². The lowest BCUT2D eigenvalue weighted by Crippen LogP contribution is -2.53. The van der Waals surface area contributed by atoms with Gasteiger partial charge in [-0.25, -0.2) is 9.97 Å². The van der Waals surface area contributed by atoms with Gasteiger partial charge in [-0.05, 0) is 91.4 Å². The second-order valence-corrected chi connectivity index (χ2v) is 16.8.